The molecule has 1 aliphatic rings. The van der Waals surface area contributed by atoms with Crippen molar-refractivity contribution in [1.82, 2.24) is 10.2 Å². The highest BCUT2D eigenvalue weighted by molar-refractivity contribution is 5.90. The molecule has 1 aliphatic heterocycles. The highest BCUT2D eigenvalue weighted by atomic mass is 19.2. The Hall–Kier alpha value is -2.42. The first-order chi connectivity index (χ1) is 13.3. The number of benzene rings is 1. The molecule has 7 nitrogen and oxygen atoms in total. The van der Waals surface area contributed by atoms with Gasteiger partial charge in [0.1, 0.15) is 12.6 Å². The van der Waals surface area contributed by atoms with Gasteiger partial charge in [0.15, 0.2) is 11.6 Å². The number of hydrogen-bond acceptors (Lipinski definition) is 5. The van der Waals surface area contributed by atoms with Crippen LogP contribution in [0.2, 0.25) is 0 Å². The lowest BCUT2D eigenvalue weighted by Crippen LogP contribution is -2.49. The third kappa shape index (κ3) is 6.95. The van der Waals surface area contributed by atoms with Crippen molar-refractivity contribution in [2.45, 2.75) is 53.0 Å². The number of carbonyl (C=O) groups is 2. The van der Waals surface area contributed by atoms with Gasteiger partial charge in [-0.1, -0.05) is 34.1 Å². The molecular weight excluding hydrogens is 368 g/mol. The van der Waals surface area contributed by atoms with Crippen molar-refractivity contribution in [3.63, 3.8) is 0 Å². The van der Waals surface area contributed by atoms with Gasteiger partial charge >= 0.3 is 0 Å². The van der Waals surface area contributed by atoms with Gasteiger partial charge in [-0.05, 0) is 12.8 Å². The van der Waals surface area contributed by atoms with Crippen molar-refractivity contribution in [2.24, 2.45) is 5.84 Å². The summed E-state index contributed by atoms with van der Waals surface area (Å²) < 4.78 is 26.4. The minimum Gasteiger partial charge on any atom is -0.397 e. The van der Waals surface area contributed by atoms with Gasteiger partial charge in [0.05, 0.1) is 11.4 Å². The second-order valence-electron chi connectivity index (χ2n) is 6.02. The number of likely N-dealkylation sites (N-methyl/N-ethyl adjacent to an activating group) is 1. The largest absolute Gasteiger partial charge is 0.397 e. The van der Waals surface area contributed by atoms with E-state index in [0.29, 0.717) is 19.4 Å². The van der Waals surface area contributed by atoms with Crippen LogP contribution in [0.4, 0.5) is 20.2 Å². The number of nitrogen functional groups attached to an aromatic ring is 1. The monoisotopic (exact) mass is 401 g/mol. The van der Waals surface area contributed by atoms with E-state index in [9.17, 15) is 18.4 Å². The maximum atomic E-state index is 13.3. The molecule has 1 aromatic rings. The number of rotatable bonds is 4. The van der Waals surface area contributed by atoms with Gasteiger partial charge in [-0.25, -0.2) is 14.6 Å². The zero-order chi connectivity index (χ0) is 21.9. The molecule has 0 spiro atoms. The number of anilines is 2. The number of likely N-dealkylation sites (tertiary alicyclic amines) is 1. The Labute approximate surface area is 166 Å². The number of hydrazine groups is 1. The summed E-state index contributed by atoms with van der Waals surface area (Å²) in [5.41, 5.74) is 5.53. The van der Waals surface area contributed by atoms with Crippen LogP contribution in [0.5, 0.6) is 0 Å². The molecule has 0 radical (unpaired) electrons. The SMILES string of the molecule is CC.CCC.CNC(=O)C1CCCN1C(=O)CN(N)c1cc(F)c(F)cc1N. The maximum Gasteiger partial charge on any atom is 0.244 e. The van der Waals surface area contributed by atoms with E-state index < -0.39 is 17.7 Å². The van der Waals surface area contributed by atoms with Crippen molar-refractivity contribution in [3.8, 4) is 0 Å². The normalized spacial score (nSPS) is 15.0. The summed E-state index contributed by atoms with van der Waals surface area (Å²) in [5, 5.41) is 3.45. The Kier molecular flexibility index (Phi) is 11.8. The molecule has 0 aliphatic carbocycles. The quantitative estimate of drug-likeness (QED) is 0.408. The van der Waals surface area contributed by atoms with Crippen LogP contribution < -0.4 is 21.9 Å². The Bertz CT molecular complexity index is 643. The predicted octanol–water partition coefficient (Wildman–Crippen LogP) is 2.41. The lowest BCUT2D eigenvalue weighted by molar-refractivity contribution is -0.137. The summed E-state index contributed by atoms with van der Waals surface area (Å²) >= 11 is 0. The summed E-state index contributed by atoms with van der Waals surface area (Å²) in [6, 6.07) is 1.10. The fourth-order valence-corrected chi connectivity index (χ4v) is 2.63. The molecule has 1 atom stereocenters. The van der Waals surface area contributed by atoms with E-state index in [4.69, 9.17) is 11.6 Å². The van der Waals surface area contributed by atoms with Gasteiger partial charge in [0, 0.05) is 25.7 Å². The van der Waals surface area contributed by atoms with Crippen LogP contribution in [0.1, 0.15) is 47.0 Å². The minimum absolute atomic E-state index is 0.00735. The molecule has 1 aromatic carbocycles. The molecule has 160 valence electrons. The smallest absolute Gasteiger partial charge is 0.244 e. The van der Waals surface area contributed by atoms with Crippen LogP contribution in [0.25, 0.3) is 0 Å². The van der Waals surface area contributed by atoms with Crippen LogP contribution in [0, 0.1) is 11.6 Å². The lowest BCUT2D eigenvalue weighted by atomic mass is 10.2. The second kappa shape index (κ2) is 12.9. The summed E-state index contributed by atoms with van der Waals surface area (Å²) in [6.07, 6.45) is 2.53. The second-order valence-corrected chi connectivity index (χ2v) is 6.02. The lowest BCUT2D eigenvalue weighted by Gasteiger charge is -2.27. The van der Waals surface area contributed by atoms with Gasteiger partial charge < -0.3 is 16.0 Å². The molecule has 1 heterocycles. The van der Waals surface area contributed by atoms with E-state index in [-0.39, 0.29) is 29.7 Å². The first-order valence-corrected chi connectivity index (χ1v) is 9.54. The van der Waals surface area contributed by atoms with E-state index in [1.54, 1.807) is 0 Å². The zero-order valence-electron chi connectivity index (χ0n) is 17.4. The van der Waals surface area contributed by atoms with E-state index >= 15 is 0 Å². The van der Waals surface area contributed by atoms with Crippen LogP contribution in [0.3, 0.4) is 0 Å². The van der Waals surface area contributed by atoms with Gasteiger partial charge in [-0.3, -0.25) is 14.6 Å². The molecule has 5 N–H and O–H groups in total. The van der Waals surface area contributed by atoms with E-state index in [0.717, 1.165) is 17.1 Å². The standard InChI is InChI=1S/C14H19F2N5O2.C3H8.C2H6/c1-19-14(23)11-3-2-4-20(11)13(22)7-21(18)12-6-9(16)8(15)5-10(12)17;1-3-2;1-2/h5-6,11H,2-4,7,17-18H2,1H3,(H,19,23);3H2,1-2H3;1-2H3. The first kappa shape index (κ1) is 25.6. The van der Waals surface area contributed by atoms with E-state index in [2.05, 4.69) is 19.2 Å². The first-order valence-electron chi connectivity index (χ1n) is 9.54. The van der Waals surface area contributed by atoms with Gasteiger partial charge in [0.2, 0.25) is 11.8 Å². The number of halogens is 2. The number of nitrogens with zero attached hydrogens (tertiary/aromatic N) is 2. The molecule has 28 heavy (non-hydrogen) atoms. The highest BCUT2D eigenvalue weighted by Crippen LogP contribution is 2.25. The number of amides is 2. The Morgan fingerprint density at radius 3 is 2.32 bits per heavy atom. The summed E-state index contributed by atoms with van der Waals surface area (Å²) in [7, 11) is 1.50. The van der Waals surface area contributed by atoms with Crippen LogP contribution >= 0.6 is 0 Å². The molecule has 1 saturated heterocycles. The number of nitrogens with one attached hydrogen (secondary N) is 1. The van der Waals surface area contributed by atoms with Crippen LogP contribution in [0.15, 0.2) is 12.1 Å². The third-order valence-electron chi connectivity index (χ3n) is 3.81. The molecule has 2 amide bonds. The van der Waals surface area contributed by atoms with Crippen molar-refractivity contribution in [1.29, 1.82) is 0 Å². The number of carbonyl (C=O) groups excluding carboxylic acids is 2. The summed E-state index contributed by atoms with van der Waals surface area (Å²) in [6.45, 7) is 8.39. The predicted molar refractivity (Wildman–Crippen MR) is 108 cm³/mol. The fourth-order valence-electron chi connectivity index (χ4n) is 2.63. The molecular formula is C19H33F2N5O2. The third-order valence-corrected chi connectivity index (χ3v) is 3.81. The van der Waals surface area contributed by atoms with Crippen LogP contribution in [-0.4, -0.2) is 42.9 Å². The number of nitrogens with two attached hydrogens (primary N) is 2. The highest BCUT2D eigenvalue weighted by Gasteiger charge is 2.34. The molecule has 0 bridgehead atoms. The average Bonchev–Trinajstić information content (AvgIpc) is 3.16. The molecule has 2 rings (SSSR count). The molecule has 0 aromatic heterocycles. The average molecular weight is 402 g/mol. The zero-order valence-corrected chi connectivity index (χ0v) is 17.4. The molecule has 1 fully saturated rings. The summed E-state index contributed by atoms with van der Waals surface area (Å²) in [4.78, 5) is 25.5. The van der Waals surface area contributed by atoms with Gasteiger partial charge in [-0.15, -0.1) is 0 Å². The Balaban J connectivity index is 0.00000133. The molecule has 1 unspecified atom stereocenters. The summed E-state index contributed by atoms with van der Waals surface area (Å²) in [5.74, 6) is 2.92. The van der Waals surface area contributed by atoms with Crippen molar-refractivity contribution in [2.75, 3.05) is 30.9 Å². The topological polar surface area (TPSA) is 105 Å². The van der Waals surface area contributed by atoms with Gasteiger partial charge in [0.25, 0.3) is 0 Å². The molecule has 9 heteroatoms. The Morgan fingerprint density at radius 1 is 1.25 bits per heavy atom. The maximum absolute atomic E-state index is 13.3. The van der Waals surface area contributed by atoms with Gasteiger partial charge in [-0.2, -0.15) is 0 Å². The fraction of sp³-hybridized carbons (Fsp3) is 0.579. The van der Waals surface area contributed by atoms with E-state index in [1.165, 1.54) is 18.4 Å². The van der Waals surface area contributed by atoms with E-state index in [1.807, 2.05) is 13.8 Å². The van der Waals surface area contributed by atoms with Crippen molar-refractivity contribution < 1.29 is 18.4 Å². The minimum atomic E-state index is -1.11. The number of hydrogen-bond donors (Lipinski definition) is 3. The Morgan fingerprint density at radius 2 is 1.79 bits per heavy atom. The van der Waals surface area contributed by atoms with Crippen molar-refractivity contribution >= 4 is 23.2 Å². The molecule has 0 saturated carbocycles. The van der Waals surface area contributed by atoms with Crippen molar-refractivity contribution in [3.05, 3.63) is 23.8 Å². The van der Waals surface area contributed by atoms with Crippen LogP contribution in [-0.2, 0) is 9.59 Å².